The molecule has 1 unspecified atom stereocenters. The van der Waals surface area contributed by atoms with Crippen LogP contribution >= 0.6 is 0 Å². The molecule has 0 bridgehead atoms. The maximum absolute atomic E-state index is 13.3. The van der Waals surface area contributed by atoms with Crippen molar-refractivity contribution in [2.24, 2.45) is 17.8 Å². The van der Waals surface area contributed by atoms with Crippen molar-refractivity contribution in [3.63, 3.8) is 0 Å². The van der Waals surface area contributed by atoms with Crippen molar-refractivity contribution >= 4 is 29.5 Å². The number of allylic oxidation sites excluding steroid dienone is 1. The number of likely N-dealkylation sites (N-methyl/N-ethyl adjacent to an activating group) is 1. The topological polar surface area (TPSA) is 236 Å². The lowest BCUT2D eigenvalue weighted by Gasteiger charge is -2.42. The fraction of sp³-hybridized carbons (Fsp3) is 0.720. The van der Waals surface area contributed by atoms with Crippen molar-refractivity contribution in [1.29, 1.82) is 0 Å². The standard InChI is InChI=1S/C25H43N5O10/c1-6-7-14(23(37)30-39)15(10-12(2)3)22(36)28-16(24(38)26-5)8-9-18(33)29-25-19(27-13(4)32)21(35)20(34)17(11-31)40-25/h6,12,14-17,19-21,25,31,34-35,39H,1,7-11H2,2-5H3,(H,26,38)(H,27,32)(H,28,36)(H,29,33)(H,30,37)/t14?,15-,16+,17-,19-,20-,21-,25-/m1/s1. The maximum Gasteiger partial charge on any atom is 0.247 e. The number of hydrogen-bond donors (Lipinski definition) is 9. The van der Waals surface area contributed by atoms with Crippen molar-refractivity contribution in [1.82, 2.24) is 26.7 Å². The molecule has 1 aliphatic rings. The minimum Gasteiger partial charge on any atom is -0.394 e. The monoisotopic (exact) mass is 573 g/mol. The Balaban J connectivity index is 3.02. The van der Waals surface area contributed by atoms with Gasteiger partial charge in [0.25, 0.3) is 0 Å². The molecule has 1 saturated heterocycles. The van der Waals surface area contributed by atoms with Crippen LogP contribution in [0.1, 0.15) is 46.5 Å². The number of hydrogen-bond acceptors (Lipinski definition) is 10. The molecule has 0 saturated carbocycles. The highest BCUT2D eigenvalue weighted by atomic mass is 16.5. The van der Waals surface area contributed by atoms with Gasteiger partial charge in [0.15, 0.2) is 6.23 Å². The van der Waals surface area contributed by atoms with E-state index in [0.29, 0.717) is 0 Å². The van der Waals surface area contributed by atoms with E-state index < -0.39 is 84.6 Å². The van der Waals surface area contributed by atoms with Crippen LogP contribution < -0.4 is 26.7 Å². The zero-order chi connectivity index (χ0) is 30.6. The van der Waals surface area contributed by atoms with E-state index in [9.17, 15) is 39.3 Å². The highest BCUT2D eigenvalue weighted by molar-refractivity contribution is 5.91. The molecule has 9 N–H and O–H groups in total. The average molecular weight is 574 g/mol. The molecule has 15 nitrogen and oxygen atoms in total. The lowest BCUT2D eigenvalue weighted by atomic mass is 9.82. The summed E-state index contributed by atoms with van der Waals surface area (Å²) >= 11 is 0. The Morgan fingerprint density at radius 2 is 1.65 bits per heavy atom. The summed E-state index contributed by atoms with van der Waals surface area (Å²) in [5.41, 5.74) is 1.57. The van der Waals surface area contributed by atoms with Crippen molar-refractivity contribution in [2.45, 2.75) is 83.1 Å². The van der Waals surface area contributed by atoms with E-state index in [0.717, 1.165) is 0 Å². The highest BCUT2D eigenvalue weighted by Gasteiger charge is 2.45. The molecule has 1 aliphatic heterocycles. The first-order valence-electron chi connectivity index (χ1n) is 13.1. The average Bonchev–Trinajstić information content (AvgIpc) is 2.91. The third kappa shape index (κ3) is 10.1. The Labute approximate surface area is 233 Å². The predicted octanol–water partition coefficient (Wildman–Crippen LogP) is -2.58. The molecule has 8 atom stereocenters. The number of carbonyl (C=O) groups excluding carboxylic acids is 5. The van der Waals surface area contributed by atoms with Gasteiger partial charge in [-0.15, -0.1) is 6.58 Å². The van der Waals surface area contributed by atoms with Gasteiger partial charge in [0, 0.05) is 20.4 Å². The molecule has 0 aliphatic carbocycles. The summed E-state index contributed by atoms with van der Waals surface area (Å²) in [6.07, 6.45) is -4.31. The van der Waals surface area contributed by atoms with Crippen molar-refractivity contribution < 1.29 is 49.2 Å². The van der Waals surface area contributed by atoms with Gasteiger partial charge in [-0.3, -0.25) is 29.2 Å². The summed E-state index contributed by atoms with van der Waals surface area (Å²) in [4.78, 5) is 62.5. The van der Waals surface area contributed by atoms with E-state index in [-0.39, 0.29) is 31.6 Å². The maximum atomic E-state index is 13.3. The van der Waals surface area contributed by atoms with Gasteiger partial charge < -0.3 is 41.3 Å². The molecule has 228 valence electrons. The minimum atomic E-state index is -1.56. The predicted molar refractivity (Wildman–Crippen MR) is 140 cm³/mol. The summed E-state index contributed by atoms with van der Waals surface area (Å²) in [5, 5.41) is 49.0. The molecule has 0 radical (unpaired) electrons. The number of hydroxylamine groups is 1. The van der Waals surface area contributed by atoms with E-state index >= 15 is 0 Å². The lowest BCUT2D eigenvalue weighted by molar-refractivity contribution is -0.203. The molecule has 0 aromatic carbocycles. The highest BCUT2D eigenvalue weighted by Crippen LogP contribution is 2.25. The van der Waals surface area contributed by atoms with Crippen LogP contribution in [0, 0.1) is 17.8 Å². The van der Waals surface area contributed by atoms with Crippen LogP contribution in [0.2, 0.25) is 0 Å². The lowest BCUT2D eigenvalue weighted by Crippen LogP contribution is -2.68. The Morgan fingerprint density at radius 1 is 1.00 bits per heavy atom. The van der Waals surface area contributed by atoms with E-state index in [1.807, 2.05) is 13.8 Å². The molecule has 1 heterocycles. The number of aliphatic hydroxyl groups is 3. The molecular formula is C25H43N5O10. The van der Waals surface area contributed by atoms with E-state index in [1.54, 1.807) is 5.48 Å². The largest absolute Gasteiger partial charge is 0.394 e. The normalized spacial score (nSPS) is 24.7. The fourth-order valence-electron chi connectivity index (χ4n) is 4.54. The number of aliphatic hydroxyl groups excluding tert-OH is 3. The van der Waals surface area contributed by atoms with Crippen LogP contribution in [0.4, 0.5) is 0 Å². The van der Waals surface area contributed by atoms with E-state index in [4.69, 9.17) is 9.94 Å². The number of ether oxygens (including phenoxy) is 1. The smallest absolute Gasteiger partial charge is 0.247 e. The second-order valence-electron chi connectivity index (χ2n) is 10.1. The second kappa shape index (κ2) is 16.9. The number of rotatable bonds is 15. The van der Waals surface area contributed by atoms with Crippen LogP contribution in [0.25, 0.3) is 0 Å². The first-order chi connectivity index (χ1) is 18.8. The Kier molecular flexibility index (Phi) is 14.7. The van der Waals surface area contributed by atoms with Gasteiger partial charge >= 0.3 is 0 Å². The van der Waals surface area contributed by atoms with Crippen molar-refractivity contribution in [3.05, 3.63) is 12.7 Å². The van der Waals surface area contributed by atoms with Gasteiger partial charge in [0.2, 0.25) is 29.5 Å². The third-order valence-electron chi connectivity index (χ3n) is 6.55. The molecular weight excluding hydrogens is 530 g/mol. The third-order valence-corrected chi connectivity index (χ3v) is 6.55. The molecule has 1 rings (SSSR count). The minimum absolute atomic E-state index is 0.0116. The summed E-state index contributed by atoms with van der Waals surface area (Å²) in [7, 11) is 1.35. The number of amides is 5. The second-order valence-corrected chi connectivity index (χ2v) is 10.1. The summed E-state index contributed by atoms with van der Waals surface area (Å²) < 4.78 is 5.47. The van der Waals surface area contributed by atoms with E-state index in [2.05, 4.69) is 27.8 Å². The summed E-state index contributed by atoms with van der Waals surface area (Å²) in [6.45, 7) is 7.80. The van der Waals surface area contributed by atoms with Crippen LogP contribution in [0.5, 0.6) is 0 Å². The molecule has 1 fully saturated rings. The zero-order valence-corrected chi connectivity index (χ0v) is 23.3. The van der Waals surface area contributed by atoms with Crippen LogP contribution in [-0.2, 0) is 28.7 Å². The Bertz CT molecular complexity index is 901. The van der Waals surface area contributed by atoms with Gasteiger partial charge in [0.05, 0.1) is 18.4 Å². The summed E-state index contributed by atoms with van der Waals surface area (Å²) in [6, 6.07) is -2.40. The first-order valence-corrected chi connectivity index (χ1v) is 13.1. The molecule has 5 amide bonds. The molecule has 0 aromatic rings. The molecule has 0 aromatic heterocycles. The van der Waals surface area contributed by atoms with Crippen LogP contribution in [0.15, 0.2) is 12.7 Å². The molecule has 15 heteroatoms. The SMILES string of the molecule is C=CCC(C(=O)NO)[C@@H](CC(C)C)C(=O)N[C@@H](CCC(=O)N[C@@H]1O[C@H](CO)[C@@H](O)[C@H](O)[C@H]1NC(C)=O)C(=O)NC. The van der Waals surface area contributed by atoms with Gasteiger partial charge in [0.1, 0.15) is 30.4 Å². The van der Waals surface area contributed by atoms with Gasteiger partial charge in [-0.1, -0.05) is 19.9 Å². The summed E-state index contributed by atoms with van der Waals surface area (Å²) in [5.74, 6) is -5.11. The van der Waals surface area contributed by atoms with Crippen LogP contribution in [0.3, 0.4) is 0 Å². The van der Waals surface area contributed by atoms with Gasteiger partial charge in [-0.05, 0) is 25.2 Å². The van der Waals surface area contributed by atoms with E-state index in [1.165, 1.54) is 20.0 Å². The van der Waals surface area contributed by atoms with Gasteiger partial charge in [-0.2, -0.15) is 0 Å². The zero-order valence-electron chi connectivity index (χ0n) is 23.3. The van der Waals surface area contributed by atoms with Crippen molar-refractivity contribution in [2.75, 3.05) is 13.7 Å². The van der Waals surface area contributed by atoms with Crippen molar-refractivity contribution in [3.8, 4) is 0 Å². The quantitative estimate of drug-likeness (QED) is 0.0563. The molecule has 40 heavy (non-hydrogen) atoms. The Morgan fingerprint density at radius 3 is 2.15 bits per heavy atom. The number of nitrogens with one attached hydrogen (secondary N) is 5. The fourth-order valence-corrected chi connectivity index (χ4v) is 4.54. The van der Waals surface area contributed by atoms with Gasteiger partial charge in [-0.25, -0.2) is 5.48 Å². The van der Waals surface area contributed by atoms with Crippen LogP contribution in [-0.4, -0.2) is 100 Å². The first kappa shape index (κ1) is 34.9. The Hall–Kier alpha value is -3.11. The number of carbonyl (C=O) groups is 5. The molecule has 0 spiro atoms.